The third-order valence-corrected chi connectivity index (χ3v) is 4.50. The first-order valence-corrected chi connectivity index (χ1v) is 6.80. The second kappa shape index (κ2) is 6.12. The molecule has 0 aromatic heterocycles. The molecule has 1 rings (SSSR count). The highest BCUT2D eigenvalue weighted by Gasteiger charge is 2.34. The topological polar surface area (TPSA) is 23.5 Å². The molecule has 0 aromatic rings. The number of hydrogen-bond donors (Lipinski definition) is 2. The van der Waals surface area contributed by atoms with Crippen LogP contribution in [-0.4, -0.2) is 41.5 Å². The van der Waals surface area contributed by atoms with Crippen molar-refractivity contribution in [3.63, 3.8) is 0 Å². The van der Waals surface area contributed by atoms with E-state index in [0.717, 1.165) is 24.9 Å². The average molecular weight is 231 g/mol. The Morgan fingerprint density at radius 3 is 2.27 bits per heavy atom. The van der Waals surface area contributed by atoms with Crippen molar-refractivity contribution in [3.8, 4) is 0 Å². The summed E-state index contributed by atoms with van der Waals surface area (Å²) in [5.41, 5.74) is 0.348. The average Bonchev–Trinajstić information content (AvgIpc) is 3.09. The molecule has 1 fully saturated rings. The smallest absolute Gasteiger partial charge is 0.0558 e. The number of aliphatic hydroxyl groups excluding tert-OH is 1. The largest absolute Gasteiger partial charge is 0.395 e. The molecule has 0 heterocycles. The first-order valence-electron chi connectivity index (χ1n) is 6.17. The predicted molar refractivity (Wildman–Crippen MR) is 68.5 cm³/mol. The first kappa shape index (κ1) is 13.3. The minimum Gasteiger partial charge on any atom is -0.395 e. The second-order valence-corrected chi connectivity index (χ2v) is 5.11. The molecule has 0 unspecified atom stereocenters. The summed E-state index contributed by atoms with van der Waals surface area (Å²) in [4.78, 5) is 2.46. The summed E-state index contributed by atoms with van der Waals surface area (Å²) in [6.45, 7) is 6.73. The quantitative estimate of drug-likeness (QED) is 0.626. The van der Waals surface area contributed by atoms with E-state index in [-0.39, 0.29) is 6.61 Å². The van der Waals surface area contributed by atoms with Crippen LogP contribution in [0.2, 0.25) is 0 Å². The van der Waals surface area contributed by atoms with E-state index in [1.165, 1.54) is 25.7 Å². The van der Waals surface area contributed by atoms with Crippen LogP contribution in [0.4, 0.5) is 0 Å². The molecule has 0 amide bonds. The Labute approximate surface area is 99.5 Å². The zero-order valence-corrected chi connectivity index (χ0v) is 11.0. The van der Waals surface area contributed by atoms with E-state index in [9.17, 15) is 0 Å². The Morgan fingerprint density at radius 2 is 1.93 bits per heavy atom. The molecule has 1 saturated carbocycles. The number of hydrogen-bond acceptors (Lipinski definition) is 3. The minimum atomic E-state index is 0.284. The van der Waals surface area contributed by atoms with Gasteiger partial charge in [-0.05, 0) is 36.9 Å². The molecule has 0 radical (unpaired) electrons. The predicted octanol–water partition coefficient (Wildman–Crippen LogP) is 2.18. The monoisotopic (exact) mass is 231 g/mol. The van der Waals surface area contributed by atoms with Gasteiger partial charge < -0.3 is 5.11 Å². The van der Waals surface area contributed by atoms with Crippen LogP contribution in [0, 0.1) is 5.41 Å². The van der Waals surface area contributed by atoms with E-state index >= 15 is 0 Å². The van der Waals surface area contributed by atoms with Crippen LogP contribution in [0.15, 0.2) is 0 Å². The van der Waals surface area contributed by atoms with E-state index in [4.69, 9.17) is 5.11 Å². The maximum absolute atomic E-state index is 9.07. The third kappa shape index (κ3) is 3.65. The maximum Gasteiger partial charge on any atom is 0.0558 e. The van der Waals surface area contributed by atoms with Gasteiger partial charge in [0.15, 0.2) is 0 Å². The van der Waals surface area contributed by atoms with Crippen molar-refractivity contribution >= 4 is 12.6 Å². The first-order chi connectivity index (χ1) is 7.21. The normalized spacial score (nSPS) is 17.4. The zero-order chi connectivity index (χ0) is 11.3. The third-order valence-electron chi connectivity index (χ3n) is 3.82. The van der Waals surface area contributed by atoms with Gasteiger partial charge in [0.25, 0.3) is 0 Å². The number of nitrogens with zero attached hydrogens (tertiary/aromatic N) is 1. The Kier molecular flexibility index (Phi) is 5.44. The van der Waals surface area contributed by atoms with E-state index in [1.807, 2.05) is 0 Å². The molecule has 0 spiro atoms. The van der Waals surface area contributed by atoms with Gasteiger partial charge in [0.05, 0.1) is 6.61 Å². The molecule has 2 nitrogen and oxygen atoms in total. The van der Waals surface area contributed by atoms with Gasteiger partial charge in [0, 0.05) is 19.1 Å². The molecule has 15 heavy (non-hydrogen) atoms. The highest BCUT2D eigenvalue weighted by atomic mass is 32.1. The summed E-state index contributed by atoms with van der Waals surface area (Å²) in [6, 6.07) is 0.745. The molecule has 0 aliphatic heterocycles. The van der Waals surface area contributed by atoms with E-state index in [0.29, 0.717) is 5.41 Å². The lowest BCUT2D eigenvalue weighted by Crippen LogP contribution is -2.41. The molecule has 0 bridgehead atoms. The Balaban J connectivity index is 2.52. The molecule has 1 aliphatic rings. The Morgan fingerprint density at radius 1 is 1.33 bits per heavy atom. The van der Waals surface area contributed by atoms with Gasteiger partial charge >= 0.3 is 0 Å². The zero-order valence-electron chi connectivity index (χ0n) is 10.1. The number of thiol groups is 1. The molecule has 1 N–H and O–H groups in total. The lowest BCUT2D eigenvalue weighted by Gasteiger charge is -2.36. The second-order valence-electron chi connectivity index (χ2n) is 4.79. The van der Waals surface area contributed by atoms with Crippen LogP contribution >= 0.6 is 12.6 Å². The van der Waals surface area contributed by atoms with E-state index in [2.05, 4.69) is 31.4 Å². The summed E-state index contributed by atoms with van der Waals surface area (Å²) in [5, 5.41) is 9.07. The van der Waals surface area contributed by atoms with Crippen LogP contribution in [-0.2, 0) is 0 Å². The molecule has 0 aromatic carbocycles. The van der Waals surface area contributed by atoms with Gasteiger partial charge in [0.2, 0.25) is 0 Å². The summed E-state index contributed by atoms with van der Waals surface area (Å²) < 4.78 is 0. The fourth-order valence-electron chi connectivity index (χ4n) is 2.14. The standard InChI is InChI=1S/C12H25NOS/c1-3-12(4-2,10-15)9-13(7-8-14)11-5-6-11/h11,14-15H,3-10H2,1-2H3. The van der Waals surface area contributed by atoms with E-state index < -0.39 is 0 Å². The molecule has 3 heteroatoms. The summed E-state index contributed by atoms with van der Waals surface area (Å²) in [7, 11) is 0. The lowest BCUT2D eigenvalue weighted by atomic mass is 9.83. The van der Waals surface area contributed by atoms with Crippen molar-refractivity contribution < 1.29 is 5.11 Å². The van der Waals surface area contributed by atoms with Crippen molar-refractivity contribution in [3.05, 3.63) is 0 Å². The van der Waals surface area contributed by atoms with E-state index in [1.54, 1.807) is 0 Å². The summed E-state index contributed by atoms with van der Waals surface area (Å²) in [5.74, 6) is 0.953. The number of rotatable bonds is 8. The molecule has 90 valence electrons. The van der Waals surface area contributed by atoms with Crippen LogP contribution in [0.5, 0.6) is 0 Å². The molecule has 0 saturated heterocycles. The van der Waals surface area contributed by atoms with Crippen LogP contribution in [0.25, 0.3) is 0 Å². The fraction of sp³-hybridized carbons (Fsp3) is 1.00. The molecule has 1 aliphatic carbocycles. The number of aliphatic hydroxyl groups is 1. The van der Waals surface area contributed by atoms with Gasteiger partial charge in [-0.25, -0.2) is 0 Å². The maximum atomic E-state index is 9.07. The summed E-state index contributed by atoms with van der Waals surface area (Å²) >= 11 is 4.50. The van der Waals surface area contributed by atoms with Gasteiger partial charge in [-0.1, -0.05) is 13.8 Å². The van der Waals surface area contributed by atoms with Gasteiger partial charge in [0.1, 0.15) is 0 Å². The summed E-state index contributed by atoms with van der Waals surface area (Å²) in [6.07, 6.45) is 5.00. The van der Waals surface area contributed by atoms with Crippen molar-refractivity contribution in [1.82, 2.24) is 4.90 Å². The van der Waals surface area contributed by atoms with Gasteiger partial charge in [-0.3, -0.25) is 4.90 Å². The van der Waals surface area contributed by atoms with Crippen LogP contribution in [0.3, 0.4) is 0 Å². The lowest BCUT2D eigenvalue weighted by molar-refractivity contribution is 0.124. The molecular formula is C12H25NOS. The van der Waals surface area contributed by atoms with Crippen molar-refractivity contribution in [1.29, 1.82) is 0 Å². The molecule has 0 atom stereocenters. The highest BCUT2D eigenvalue weighted by Crippen LogP contribution is 2.34. The van der Waals surface area contributed by atoms with Crippen LogP contribution < -0.4 is 0 Å². The Hall–Kier alpha value is 0.270. The Bertz CT molecular complexity index is 170. The fourth-order valence-corrected chi connectivity index (χ4v) is 2.68. The minimum absolute atomic E-state index is 0.284. The van der Waals surface area contributed by atoms with Crippen LogP contribution in [0.1, 0.15) is 39.5 Å². The van der Waals surface area contributed by atoms with Gasteiger partial charge in [-0.15, -0.1) is 0 Å². The van der Waals surface area contributed by atoms with Crippen molar-refractivity contribution in [2.24, 2.45) is 5.41 Å². The van der Waals surface area contributed by atoms with Crippen molar-refractivity contribution in [2.45, 2.75) is 45.6 Å². The SMILES string of the molecule is CCC(CC)(CS)CN(CCO)C1CC1. The highest BCUT2D eigenvalue weighted by molar-refractivity contribution is 7.80. The van der Waals surface area contributed by atoms with Gasteiger partial charge in [-0.2, -0.15) is 12.6 Å². The molecular weight excluding hydrogens is 206 g/mol. The van der Waals surface area contributed by atoms with Crippen molar-refractivity contribution in [2.75, 3.05) is 25.4 Å².